The molecule has 108 valence electrons. The van der Waals surface area contributed by atoms with Gasteiger partial charge in [-0.05, 0) is 24.8 Å². The van der Waals surface area contributed by atoms with Gasteiger partial charge in [-0.1, -0.05) is 32.0 Å². The summed E-state index contributed by atoms with van der Waals surface area (Å²) >= 11 is 1.50. The van der Waals surface area contributed by atoms with Crippen molar-refractivity contribution in [2.75, 3.05) is 19.3 Å². The molecule has 0 radical (unpaired) electrons. The van der Waals surface area contributed by atoms with Gasteiger partial charge in [-0.3, -0.25) is 4.79 Å². The second kappa shape index (κ2) is 5.83. The molecule has 0 spiro atoms. The first-order valence-electron chi connectivity index (χ1n) is 6.95. The normalized spacial score (nSPS) is 11.2. The molecule has 0 saturated carbocycles. The van der Waals surface area contributed by atoms with Gasteiger partial charge in [-0.25, -0.2) is 0 Å². The molecular formula is C16H22N2OS. The van der Waals surface area contributed by atoms with Crippen molar-refractivity contribution in [1.82, 2.24) is 4.90 Å². The highest BCUT2D eigenvalue weighted by Gasteiger charge is 2.20. The van der Waals surface area contributed by atoms with Gasteiger partial charge in [-0.15, -0.1) is 11.3 Å². The van der Waals surface area contributed by atoms with Crippen LogP contribution in [-0.4, -0.2) is 24.4 Å². The molecule has 0 bridgehead atoms. The molecule has 1 aromatic carbocycles. The minimum absolute atomic E-state index is 0.0313. The van der Waals surface area contributed by atoms with Crippen molar-refractivity contribution < 1.29 is 4.79 Å². The van der Waals surface area contributed by atoms with Crippen LogP contribution in [0.15, 0.2) is 18.2 Å². The van der Waals surface area contributed by atoms with Crippen molar-refractivity contribution in [1.29, 1.82) is 0 Å². The summed E-state index contributed by atoms with van der Waals surface area (Å²) < 4.78 is 1.12. The third kappa shape index (κ3) is 2.80. The Morgan fingerprint density at radius 2 is 2.10 bits per heavy atom. The van der Waals surface area contributed by atoms with E-state index in [1.807, 2.05) is 19.2 Å². The van der Waals surface area contributed by atoms with E-state index in [0.29, 0.717) is 16.5 Å². The van der Waals surface area contributed by atoms with E-state index in [-0.39, 0.29) is 5.91 Å². The number of thiophene rings is 1. The summed E-state index contributed by atoms with van der Waals surface area (Å²) in [6.07, 6.45) is 1.01. The van der Waals surface area contributed by atoms with Gasteiger partial charge in [0.15, 0.2) is 0 Å². The fourth-order valence-electron chi connectivity index (χ4n) is 2.16. The van der Waals surface area contributed by atoms with Gasteiger partial charge in [-0.2, -0.15) is 0 Å². The number of anilines is 1. The molecule has 2 rings (SSSR count). The number of amides is 1. The Morgan fingerprint density at radius 3 is 2.70 bits per heavy atom. The second-order valence-electron chi connectivity index (χ2n) is 5.71. The van der Waals surface area contributed by atoms with E-state index in [1.54, 1.807) is 4.90 Å². The largest absolute Gasteiger partial charge is 0.397 e. The molecule has 0 unspecified atom stereocenters. The molecule has 3 nitrogen and oxygen atoms in total. The van der Waals surface area contributed by atoms with Crippen LogP contribution in [0.5, 0.6) is 0 Å². The molecule has 0 atom stereocenters. The van der Waals surface area contributed by atoms with Gasteiger partial charge in [0.1, 0.15) is 4.88 Å². The Labute approximate surface area is 124 Å². The van der Waals surface area contributed by atoms with Gasteiger partial charge in [0.25, 0.3) is 5.91 Å². The number of nitrogen functional groups attached to an aromatic ring is 1. The summed E-state index contributed by atoms with van der Waals surface area (Å²) in [5, 5.41) is 0.996. The molecule has 1 heterocycles. The van der Waals surface area contributed by atoms with Crippen LogP contribution in [0.1, 0.15) is 35.5 Å². The van der Waals surface area contributed by atoms with E-state index in [1.165, 1.54) is 16.9 Å². The minimum Gasteiger partial charge on any atom is -0.397 e. The van der Waals surface area contributed by atoms with E-state index in [0.717, 1.165) is 23.1 Å². The number of carbonyl (C=O) groups excluding carboxylic acids is 1. The van der Waals surface area contributed by atoms with Gasteiger partial charge in [0.2, 0.25) is 0 Å². The average Bonchev–Trinajstić information content (AvgIpc) is 2.74. The number of carbonyl (C=O) groups is 1. The zero-order valence-corrected chi connectivity index (χ0v) is 13.4. The Morgan fingerprint density at radius 1 is 1.40 bits per heavy atom. The van der Waals surface area contributed by atoms with E-state index in [4.69, 9.17) is 5.73 Å². The van der Waals surface area contributed by atoms with E-state index in [2.05, 4.69) is 26.8 Å². The lowest BCUT2D eigenvalue weighted by Gasteiger charge is -2.17. The number of nitrogens with zero attached hydrogens (tertiary/aromatic N) is 1. The van der Waals surface area contributed by atoms with Crippen molar-refractivity contribution in [3.05, 3.63) is 28.6 Å². The maximum Gasteiger partial charge on any atom is 0.265 e. The lowest BCUT2D eigenvalue weighted by atomic mass is 10.1. The van der Waals surface area contributed by atoms with Crippen LogP contribution >= 0.6 is 11.3 Å². The highest BCUT2D eigenvalue weighted by atomic mass is 32.1. The lowest BCUT2D eigenvalue weighted by molar-refractivity contribution is 0.0795. The van der Waals surface area contributed by atoms with Crippen molar-refractivity contribution in [2.45, 2.75) is 27.2 Å². The van der Waals surface area contributed by atoms with Gasteiger partial charge >= 0.3 is 0 Å². The molecule has 20 heavy (non-hydrogen) atoms. The van der Waals surface area contributed by atoms with Crippen LogP contribution in [0.25, 0.3) is 10.1 Å². The summed E-state index contributed by atoms with van der Waals surface area (Å²) in [6.45, 7) is 7.14. The molecule has 0 aliphatic rings. The summed E-state index contributed by atoms with van der Waals surface area (Å²) in [5.74, 6) is 0.621. The maximum atomic E-state index is 12.5. The molecular weight excluding hydrogens is 268 g/mol. The number of nitrogens with two attached hydrogens (primary N) is 1. The van der Waals surface area contributed by atoms with Crippen LogP contribution in [0, 0.1) is 12.8 Å². The SMILES string of the molecule is Cc1cccc2c(N)c(C(=O)N(C)CCC(C)C)sc12. The number of fused-ring (bicyclic) bond motifs is 1. The zero-order valence-electron chi connectivity index (χ0n) is 12.6. The third-order valence-electron chi connectivity index (χ3n) is 3.53. The quantitative estimate of drug-likeness (QED) is 0.928. The van der Waals surface area contributed by atoms with Crippen LogP contribution in [0.3, 0.4) is 0 Å². The molecule has 0 fully saturated rings. The predicted octanol–water partition coefficient (Wildman–Crippen LogP) is 3.91. The first kappa shape index (κ1) is 14.9. The lowest BCUT2D eigenvalue weighted by Crippen LogP contribution is -2.28. The summed E-state index contributed by atoms with van der Waals surface area (Å²) in [5.41, 5.74) is 7.96. The van der Waals surface area contributed by atoms with Crippen molar-refractivity contribution in [3.8, 4) is 0 Å². The Bertz CT molecular complexity index is 631. The van der Waals surface area contributed by atoms with Crippen LogP contribution in [0.2, 0.25) is 0 Å². The van der Waals surface area contributed by atoms with Crippen LogP contribution in [0.4, 0.5) is 5.69 Å². The number of rotatable bonds is 4. The van der Waals surface area contributed by atoms with E-state index < -0.39 is 0 Å². The van der Waals surface area contributed by atoms with Gasteiger partial charge in [0, 0.05) is 23.7 Å². The smallest absolute Gasteiger partial charge is 0.265 e. The van der Waals surface area contributed by atoms with E-state index >= 15 is 0 Å². The second-order valence-corrected chi connectivity index (χ2v) is 6.73. The molecule has 1 aromatic heterocycles. The van der Waals surface area contributed by atoms with Gasteiger partial charge in [0.05, 0.1) is 5.69 Å². The first-order chi connectivity index (χ1) is 9.41. The fraction of sp³-hybridized carbons (Fsp3) is 0.438. The highest BCUT2D eigenvalue weighted by molar-refractivity contribution is 7.21. The van der Waals surface area contributed by atoms with Crippen LogP contribution in [-0.2, 0) is 0 Å². The standard InChI is InChI=1S/C16H22N2OS/c1-10(2)8-9-18(4)16(19)15-13(17)12-7-5-6-11(3)14(12)20-15/h5-7,10H,8-9,17H2,1-4H3. The molecule has 0 aliphatic carbocycles. The Hall–Kier alpha value is -1.55. The monoisotopic (exact) mass is 290 g/mol. The molecule has 0 aliphatic heterocycles. The summed E-state index contributed by atoms with van der Waals surface area (Å²) in [6, 6.07) is 6.02. The topological polar surface area (TPSA) is 46.3 Å². The molecule has 2 aromatic rings. The Kier molecular flexibility index (Phi) is 4.33. The summed E-state index contributed by atoms with van der Waals surface area (Å²) in [7, 11) is 1.85. The highest BCUT2D eigenvalue weighted by Crippen LogP contribution is 2.36. The Balaban J connectivity index is 2.31. The minimum atomic E-state index is 0.0313. The molecule has 1 amide bonds. The molecule has 0 saturated heterocycles. The molecule has 4 heteroatoms. The fourth-order valence-corrected chi connectivity index (χ4v) is 3.35. The van der Waals surface area contributed by atoms with Crippen molar-refractivity contribution in [3.63, 3.8) is 0 Å². The number of aryl methyl sites for hydroxylation is 1. The number of hydrogen-bond acceptors (Lipinski definition) is 3. The van der Waals surface area contributed by atoms with Crippen molar-refractivity contribution >= 4 is 33.0 Å². The predicted molar refractivity (Wildman–Crippen MR) is 87.4 cm³/mol. The number of hydrogen-bond donors (Lipinski definition) is 1. The first-order valence-corrected chi connectivity index (χ1v) is 7.76. The average molecular weight is 290 g/mol. The zero-order chi connectivity index (χ0) is 14.9. The van der Waals surface area contributed by atoms with E-state index in [9.17, 15) is 4.79 Å². The number of benzene rings is 1. The third-order valence-corrected chi connectivity index (χ3v) is 4.88. The maximum absolute atomic E-state index is 12.5. The molecule has 2 N–H and O–H groups in total. The van der Waals surface area contributed by atoms with Crippen molar-refractivity contribution in [2.24, 2.45) is 5.92 Å². The van der Waals surface area contributed by atoms with Gasteiger partial charge < -0.3 is 10.6 Å². The van der Waals surface area contributed by atoms with Crippen LogP contribution < -0.4 is 5.73 Å². The summed E-state index contributed by atoms with van der Waals surface area (Å²) in [4.78, 5) is 15.0.